The van der Waals surface area contributed by atoms with Crippen LogP contribution in [0.15, 0.2) is 231 Å². The molecule has 0 unspecified atom stereocenters. The third kappa shape index (κ3) is 7.22. The van der Waals surface area contributed by atoms with Crippen molar-refractivity contribution >= 4 is 33.2 Å². The number of anilines is 2. The van der Waals surface area contributed by atoms with Gasteiger partial charge >= 0.3 is 0 Å². The summed E-state index contributed by atoms with van der Waals surface area (Å²) in [7, 11) is 2.17. The lowest BCUT2D eigenvalue weighted by molar-refractivity contribution is 1.07. The molecule has 0 aliphatic carbocycles. The normalized spacial score (nSPS) is 11.3. The van der Waals surface area contributed by atoms with Crippen LogP contribution in [0.2, 0.25) is 0 Å². The molecule has 0 spiro atoms. The van der Waals surface area contributed by atoms with E-state index in [0.717, 1.165) is 56.0 Å². The standard InChI is InChI=1S/C58H41N5/c1-62(49-34-35-51-50-27-14-15-28-54(50)63(55(51)39-49)48-25-12-5-13-26-48)53-36-33-46(40-17-6-2-7-18-40)38-52(53)42-31-29-41(30-32-42)45-23-16-24-47(37-45)58-60-56(43-19-8-3-9-20-43)59-57(61-58)44-21-10-4-11-22-44/h2-39H,1H3. The summed E-state index contributed by atoms with van der Waals surface area (Å²) in [5.74, 6) is 1.92. The molecule has 298 valence electrons. The minimum absolute atomic E-state index is 0.633. The van der Waals surface area contributed by atoms with Gasteiger partial charge in [-0.15, -0.1) is 0 Å². The fourth-order valence-electron chi connectivity index (χ4n) is 8.65. The molecule has 0 saturated carbocycles. The quantitative estimate of drug-likeness (QED) is 0.146. The van der Waals surface area contributed by atoms with E-state index in [2.05, 4.69) is 186 Å². The van der Waals surface area contributed by atoms with Gasteiger partial charge in [-0.25, -0.2) is 15.0 Å². The Morgan fingerprint density at radius 1 is 0.333 bits per heavy atom. The Morgan fingerprint density at radius 2 is 0.810 bits per heavy atom. The molecular weight excluding hydrogens is 767 g/mol. The first-order valence-electron chi connectivity index (χ1n) is 21.2. The van der Waals surface area contributed by atoms with Crippen molar-refractivity contribution in [3.63, 3.8) is 0 Å². The Kier molecular flexibility index (Phi) is 9.68. The third-order valence-electron chi connectivity index (χ3n) is 11.9. The summed E-state index contributed by atoms with van der Waals surface area (Å²) in [5.41, 5.74) is 15.4. The van der Waals surface area contributed by atoms with Gasteiger partial charge in [-0.3, -0.25) is 0 Å². The molecular formula is C58H41N5. The Balaban J connectivity index is 0.979. The minimum Gasteiger partial charge on any atom is -0.344 e. The van der Waals surface area contributed by atoms with Gasteiger partial charge < -0.3 is 9.47 Å². The highest BCUT2D eigenvalue weighted by molar-refractivity contribution is 6.10. The van der Waals surface area contributed by atoms with Crippen molar-refractivity contribution in [3.8, 4) is 73.2 Å². The molecule has 0 amide bonds. The second-order valence-corrected chi connectivity index (χ2v) is 15.7. The highest BCUT2D eigenvalue weighted by Crippen LogP contribution is 2.41. The number of nitrogens with zero attached hydrogens (tertiary/aromatic N) is 5. The van der Waals surface area contributed by atoms with Gasteiger partial charge in [0.15, 0.2) is 17.5 Å². The number of fused-ring (bicyclic) bond motifs is 3. The van der Waals surface area contributed by atoms with Crippen LogP contribution in [0, 0.1) is 0 Å². The van der Waals surface area contributed by atoms with Crippen molar-refractivity contribution in [3.05, 3.63) is 231 Å². The Morgan fingerprint density at radius 3 is 1.48 bits per heavy atom. The van der Waals surface area contributed by atoms with Crippen molar-refractivity contribution in [2.75, 3.05) is 11.9 Å². The second kappa shape index (κ2) is 16.2. The molecule has 0 aliphatic heterocycles. The average molecular weight is 808 g/mol. The van der Waals surface area contributed by atoms with E-state index in [1.807, 2.05) is 60.7 Å². The van der Waals surface area contributed by atoms with E-state index in [1.54, 1.807) is 0 Å². The molecule has 2 aromatic heterocycles. The molecule has 11 aromatic rings. The zero-order valence-corrected chi connectivity index (χ0v) is 34.7. The first kappa shape index (κ1) is 37.6. The predicted molar refractivity (Wildman–Crippen MR) is 261 cm³/mol. The Bertz CT molecular complexity index is 3320. The maximum atomic E-state index is 4.99. The number of hydrogen-bond donors (Lipinski definition) is 0. The van der Waals surface area contributed by atoms with Crippen molar-refractivity contribution < 1.29 is 0 Å². The van der Waals surface area contributed by atoms with E-state index >= 15 is 0 Å². The van der Waals surface area contributed by atoms with Crippen molar-refractivity contribution in [2.45, 2.75) is 0 Å². The van der Waals surface area contributed by atoms with Crippen LogP contribution in [0.3, 0.4) is 0 Å². The van der Waals surface area contributed by atoms with E-state index in [-0.39, 0.29) is 0 Å². The highest BCUT2D eigenvalue weighted by Gasteiger charge is 2.18. The zero-order chi connectivity index (χ0) is 42.1. The number of hydrogen-bond acceptors (Lipinski definition) is 4. The van der Waals surface area contributed by atoms with E-state index in [9.17, 15) is 0 Å². The lowest BCUT2D eigenvalue weighted by Crippen LogP contribution is -2.11. The molecule has 2 heterocycles. The third-order valence-corrected chi connectivity index (χ3v) is 11.9. The second-order valence-electron chi connectivity index (χ2n) is 15.7. The van der Waals surface area contributed by atoms with Crippen LogP contribution in [0.5, 0.6) is 0 Å². The van der Waals surface area contributed by atoms with Gasteiger partial charge in [0.25, 0.3) is 0 Å². The summed E-state index contributed by atoms with van der Waals surface area (Å²) in [4.78, 5) is 17.2. The number of para-hydroxylation sites is 2. The number of aromatic nitrogens is 4. The van der Waals surface area contributed by atoms with Crippen LogP contribution < -0.4 is 4.90 Å². The summed E-state index contributed by atoms with van der Waals surface area (Å²) < 4.78 is 2.38. The Hall–Kier alpha value is -8.41. The zero-order valence-electron chi connectivity index (χ0n) is 34.7. The van der Waals surface area contributed by atoms with E-state index < -0.39 is 0 Å². The number of benzene rings is 9. The SMILES string of the molecule is CN(c1ccc2c3ccccc3n(-c3ccccc3)c2c1)c1ccc(-c2ccccc2)cc1-c1ccc(-c2cccc(-c3nc(-c4ccccc4)nc(-c4ccccc4)n3)c2)cc1. The van der Waals surface area contributed by atoms with Gasteiger partial charge in [-0.1, -0.05) is 182 Å². The fraction of sp³-hybridized carbons (Fsp3) is 0.0172. The van der Waals surface area contributed by atoms with Crippen molar-refractivity contribution in [1.29, 1.82) is 0 Å². The summed E-state index contributed by atoms with van der Waals surface area (Å²) in [5, 5.41) is 2.47. The fourth-order valence-corrected chi connectivity index (χ4v) is 8.65. The Labute approximate surface area is 366 Å². The van der Waals surface area contributed by atoms with Gasteiger partial charge in [-0.2, -0.15) is 0 Å². The lowest BCUT2D eigenvalue weighted by Gasteiger charge is -2.24. The molecule has 0 atom stereocenters. The summed E-state index contributed by atoms with van der Waals surface area (Å²) in [6.07, 6.45) is 0. The summed E-state index contributed by atoms with van der Waals surface area (Å²) in [6, 6.07) is 81.2. The molecule has 0 radical (unpaired) electrons. The van der Waals surface area contributed by atoms with Gasteiger partial charge in [0.2, 0.25) is 0 Å². The van der Waals surface area contributed by atoms with Gasteiger partial charge in [-0.05, 0) is 76.3 Å². The monoisotopic (exact) mass is 807 g/mol. The molecule has 63 heavy (non-hydrogen) atoms. The maximum Gasteiger partial charge on any atom is 0.164 e. The van der Waals surface area contributed by atoms with Crippen LogP contribution in [-0.4, -0.2) is 26.6 Å². The van der Waals surface area contributed by atoms with Gasteiger partial charge in [0.1, 0.15) is 0 Å². The summed E-state index contributed by atoms with van der Waals surface area (Å²) in [6.45, 7) is 0. The molecule has 0 N–H and O–H groups in total. The smallest absolute Gasteiger partial charge is 0.164 e. The van der Waals surface area contributed by atoms with Crippen LogP contribution in [0.1, 0.15) is 0 Å². The lowest BCUT2D eigenvalue weighted by atomic mass is 9.94. The van der Waals surface area contributed by atoms with Crippen LogP contribution in [0.25, 0.3) is 95.0 Å². The van der Waals surface area contributed by atoms with E-state index in [1.165, 1.54) is 32.9 Å². The minimum atomic E-state index is 0.633. The molecule has 0 aliphatic rings. The first-order valence-corrected chi connectivity index (χ1v) is 21.2. The van der Waals surface area contributed by atoms with Crippen LogP contribution in [0.4, 0.5) is 11.4 Å². The van der Waals surface area contributed by atoms with Gasteiger partial charge in [0, 0.05) is 57.1 Å². The van der Waals surface area contributed by atoms with Gasteiger partial charge in [0.05, 0.1) is 11.0 Å². The van der Waals surface area contributed by atoms with E-state index in [0.29, 0.717) is 17.5 Å². The van der Waals surface area contributed by atoms with Crippen LogP contribution >= 0.6 is 0 Å². The maximum absolute atomic E-state index is 4.99. The molecule has 0 bridgehead atoms. The first-order chi connectivity index (χ1) is 31.1. The number of rotatable bonds is 9. The molecule has 9 aromatic carbocycles. The summed E-state index contributed by atoms with van der Waals surface area (Å²) >= 11 is 0. The molecule has 0 fully saturated rings. The average Bonchev–Trinajstić information content (AvgIpc) is 3.70. The van der Waals surface area contributed by atoms with Crippen molar-refractivity contribution in [2.24, 2.45) is 0 Å². The molecule has 11 rings (SSSR count). The topological polar surface area (TPSA) is 46.8 Å². The highest BCUT2D eigenvalue weighted by atomic mass is 15.1. The van der Waals surface area contributed by atoms with Crippen LogP contribution in [-0.2, 0) is 0 Å². The van der Waals surface area contributed by atoms with E-state index in [4.69, 9.17) is 15.0 Å². The molecule has 5 heteroatoms. The van der Waals surface area contributed by atoms with Crippen molar-refractivity contribution in [1.82, 2.24) is 19.5 Å². The molecule has 5 nitrogen and oxygen atoms in total. The largest absolute Gasteiger partial charge is 0.344 e. The predicted octanol–water partition coefficient (Wildman–Crippen LogP) is 14.7. The molecule has 0 saturated heterocycles.